The molecule has 0 fully saturated rings. The first-order valence-electron chi connectivity index (χ1n) is 4.40. The molecule has 1 aromatic carbocycles. The first-order valence-corrected chi connectivity index (χ1v) is 5.80. The molecule has 0 atom stereocenters. The van der Waals surface area contributed by atoms with Gasteiger partial charge in [-0.15, -0.1) is 0 Å². The van der Waals surface area contributed by atoms with Crippen molar-refractivity contribution in [2.45, 2.75) is 5.75 Å². The Morgan fingerprint density at radius 2 is 1.05 bits per heavy atom. The summed E-state index contributed by atoms with van der Waals surface area (Å²) in [6.07, 6.45) is 2.12. The Bertz CT molecular complexity index is 228. The van der Waals surface area contributed by atoms with Crippen molar-refractivity contribution in [2.75, 3.05) is 6.26 Å². The topological polar surface area (TPSA) is 85.3 Å². The summed E-state index contributed by atoms with van der Waals surface area (Å²) in [6.45, 7) is 10.0. The van der Waals surface area contributed by atoms with Crippen molar-refractivity contribution in [3.8, 4) is 0 Å². The van der Waals surface area contributed by atoms with Gasteiger partial charge >= 0.3 is 0 Å². The Morgan fingerprint density at radius 3 is 1.30 bits per heavy atom. The predicted octanol–water partition coefficient (Wildman–Crippen LogP) is 1.62. The van der Waals surface area contributed by atoms with E-state index in [0.29, 0.717) is 0 Å². The smallest absolute Gasteiger partial charge is 0.106 e. The van der Waals surface area contributed by atoms with Gasteiger partial charge in [-0.05, 0) is 11.8 Å². The zero-order chi connectivity index (χ0) is 16.5. The first kappa shape index (κ1) is 36.3. The Kier molecular flexibility index (Phi) is 119. The van der Waals surface area contributed by atoms with Crippen molar-refractivity contribution in [3.63, 3.8) is 0 Å². The van der Waals surface area contributed by atoms with Gasteiger partial charge in [-0.3, -0.25) is 0 Å². The molecule has 0 bridgehead atoms. The van der Waals surface area contributed by atoms with Gasteiger partial charge < -0.3 is 24.0 Å². The van der Waals surface area contributed by atoms with Crippen LogP contribution in [0.25, 0.3) is 0 Å². The number of hydrogen-bond acceptors (Lipinski definition) is 6. The maximum atomic E-state index is 8.00. The summed E-state index contributed by atoms with van der Waals surface area (Å²) in [6, 6.07) is 10.5. The van der Waals surface area contributed by atoms with E-state index in [9.17, 15) is 0 Å². The van der Waals surface area contributed by atoms with Gasteiger partial charge in [-0.2, -0.15) is 11.8 Å². The van der Waals surface area contributed by atoms with E-state index < -0.39 is 0 Å². The fourth-order valence-electron chi connectivity index (χ4n) is 0.741. The van der Waals surface area contributed by atoms with Crippen LogP contribution >= 0.6 is 11.8 Å². The molecule has 0 aliphatic heterocycles. The molecule has 0 amide bonds. The summed E-state index contributed by atoms with van der Waals surface area (Å²) < 4.78 is 0. The molecule has 0 radical (unpaired) electrons. The molecule has 0 aliphatic rings. The molecule has 0 heterocycles. The van der Waals surface area contributed by atoms with Crippen molar-refractivity contribution in [1.29, 1.82) is 0 Å². The number of hydrogen-bond donors (Lipinski definition) is 0. The van der Waals surface area contributed by atoms with Crippen molar-refractivity contribution in [3.05, 3.63) is 35.9 Å². The van der Waals surface area contributed by atoms with Crippen LogP contribution in [0.4, 0.5) is 0 Å². The molecule has 0 aliphatic carbocycles. The van der Waals surface area contributed by atoms with E-state index in [-0.39, 0.29) is 21.1 Å². The van der Waals surface area contributed by atoms with Crippen LogP contribution in [-0.2, 0) is 50.8 Å². The zero-order valence-electron chi connectivity index (χ0n) is 11.5. The number of thioether (sulfide) groups is 1. The van der Waals surface area contributed by atoms with Gasteiger partial charge in [0.15, 0.2) is 0 Å². The van der Waals surface area contributed by atoms with E-state index in [1.54, 1.807) is 0 Å². The molecule has 7 heteroatoms. The van der Waals surface area contributed by atoms with Crippen molar-refractivity contribution in [1.82, 2.24) is 0 Å². The van der Waals surface area contributed by atoms with Crippen molar-refractivity contribution >= 4 is 45.7 Å². The van der Waals surface area contributed by atoms with E-state index in [1.165, 1.54) is 5.56 Å². The molecule has 0 saturated heterocycles. The minimum Gasteiger partial charge on any atom is -0.307 e. The summed E-state index contributed by atoms with van der Waals surface area (Å²) in [7, 11) is 0. The van der Waals surface area contributed by atoms with Crippen molar-refractivity contribution < 1.29 is 45.0 Å². The third-order valence-electron chi connectivity index (χ3n) is 1.15. The fraction of sp³-hybridized carbons (Fsp3) is 0.154. The second-order valence-corrected chi connectivity index (χ2v) is 2.78. The van der Waals surface area contributed by atoms with Crippen LogP contribution in [0.2, 0.25) is 0 Å². The largest absolute Gasteiger partial charge is 0.307 e. The molecule has 0 aromatic heterocycles. The molecular weight excluding hydrogens is 452 g/mol. The second-order valence-electron chi connectivity index (χ2n) is 1.92. The third-order valence-corrected chi connectivity index (χ3v) is 1.78. The molecule has 1 rings (SSSR count). The van der Waals surface area contributed by atoms with Crippen LogP contribution in [0.1, 0.15) is 5.56 Å². The molecule has 20 heavy (non-hydrogen) atoms. The molecule has 0 saturated carbocycles. The minimum atomic E-state index is 0. The second kappa shape index (κ2) is 65.5. The van der Waals surface area contributed by atoms with E-state index in [4.69, 9.17) is 24.0 Å². The van der Waals surface area contributed by atoms with Crippen LogP contribution in [0.15, 0.2) is 30.3 Å². The summed E-state index contributed by atoms with van der Waals surface area (Å²) in [5.74, 6) is 1.13. The maximum Gasteiger partial charge on any atom is 0.106 e. The van der Waals surface area contributed by atoms with E-state index >= 15 is 0 Å². The normalized spacial score (nSPS) is 5.25. The number of carbonyl (C=O) groups is 5. The quantitative estimate of drug-likeness (QED) is 0.651. The summed E-state index contributed by atoms with van der Waals surface area (Å²) >= 11 is 1.85. The molecule has 1 aromatic rings. The van der Waals surface area contributed by atoms with Gasteiger partial charge in [0.05, 0.1) is 0 Å². The van der Waals surface area contributed by atoms with Crippen LogP contribution in [0.3, 0.4) is 0 Å². The summed E-state index contributed by atoms with van der Waals surface area (Å²) in [5.41, 5.74) is 1.41. The number of carbonyl (C=O) groups excluding carboxylic acids is 5. The Labute approximate surface area is 138 Å². The molecule has 0 spiro atoms. The SMILES string of the molecule is C=O.C=O.C=O.C=O.C=O.CSCc1ccccc1.[W]. The summed E-state index contributed by atoms with van der Waals surface area (Å²) in [4.78, 5) is 40.0. The average Bonchev–Trinajstić information content (AvgIpc) is 2.58. The van der Waals surface area contributed by atoms with E-state index in [2.05, 4.69) is 30.5 Å². The average molecular weight is 472 g/mol. The summed E-state index contributed by atoms with van der Waals surface area (Å²) in [5, 5.41) is 0. The first-order chi connectivity index (χ1) is 9.43. The Balaban J connectivity index is -0.0000000384. The fourth-order valence-corrected chi connectivity index (χ4v) is 1.27. The van der Waals surface area contributed by atoms with Gasteiger partial charge in [-0.25, -0.2) is 0 Å². The Hall–Kier alpha value is -1.39. The number of rotatable bonds is 2. The monoisotopic (exact) mass is 472 g/mol. The van der Waals surface area contributed by atoms with Crippen LogP contribution in [-0.4, -0.2) is 40.2 Å². The maximum absolute atomic E-state index is 8.00. The third kappa shape index (κ3) is 43.8. The molecule has 0 N–H and O–H groups in total. The molecular formula is C13H20O5SW. The molecule has 0 unspecified atom stereocenters. The van der Waals surface area contributed by atoms with E-state index in [0.717, 1.165) is 5.75 Å². The standard InChI is InChI=1S/C8H10S.5CH2O.W/c1-9-7-8-5-3-2-4-6-8;5*1-2;/h2-6H,7H2,1H3;5*1H2;. The van der Waals surface area contributed by atoms with Gasteiger partial charge in [0.1, 0.15) is 33.9 Å². The van der Waals surface area contributed by atoms with Crippen LogP contribution in [0.5, 0.6) is 0 Å². The van der Waals surface area contributed by atoms with Gasteiger partial charge in [-0.1, -0.05) is 30.3 Å². The predicted molar refractivity (Wildman–Crippen MR) is 79.3 cm³/mol. The van der Waals surface area contributed by atoms with Gasteiger partial charge in [0.25, 0.3) is 0 Å². The molecule has 5 nitrogen and oxygen atoms in total. The minimum absolute atomic E-state index is 0. The van der Waals surface area contributed by atoms with Crippen molar-refractivity contribution in [2.24, 2.45) is 0 Å². The zero-order valence-corrected chi connectivity index (χ0v) is 15.2. The van der Waals surface area contributed by atoms with Gasteiger partial charge in [0.2, 0.25) is 0 Å². The molecule has 114 valence electrons. The van der Waals surface area contributed by atoms with Gasteiger partial charge in [0, 0.05) is 26.8 Å². The van der Waals surface area contributed by atoms with Crippen LogP contribution in [0, 0.1) is 0 Å². The van der Waals surface area contributed by atoms with Crippen LogP contribution < -0.4 is 0 Å². The van der Waals surface area contributed by atoms with E-state index in [1.807, 2.05) is 51.8 Å². The Morgan fingerprint density at radius 1 is 0.750 bits per heavy atom. The number of benzene rings is 1.